The van der Waals surface area contributed by atoms with Gasteiger partial charge in [0.05, 0.1) is 11.5 Å². The van der Waals surface area contributed by atoms with Crippen molar-refractivity contribution in [3.8, 4) is 0 Å². The highest BCUT2D eigenvalue weighted by molar-refractivity contribution is 7.91. The highest BCUT2D eigenvalue weighted by Gasteiger charge is 2.31. The molecule has 2 aromatic rings. The minimum Gasteiger partial charge on any atom is -0.355 e. The fourth-order valence-electron chi connectivity index (χ4n) is 3.03. The molecule has 1 aliphatic heterocycles. The van der Waals surface area contributed by atoms with E-state index in [0.717, 1.165) is 11.5 Å². The van der Waals surface area contributed by atoms with E-state index in [-0.39, 0.29) is 17.5 Å². The van der Waals surface area contributed by atoms with E-state index in [9.17, 15) is 8.42 Å². The van der Waals surface area contributed by atoms with Gasteiger partial charge < -0.3 is 10.2 Å². The summed E-state index contributed by atoms with van der Waals surface area (Å²) in [5.74, 6) is 2.53. The molecule has 1 aromatic carbocycles. The van der Waals surface area contributed by atoms with Crippen LogP contribution in [0.2, 0.25) is 0 Å². The largest absolute Gasteiger partial charge is 0.355 e. The molecule has 1 aromatic heterocycles. The van der Waals surface area contributed by atoms with Crippen molar-refractivity contribution in [2.75, 3.05) is 28.8 Å². The topological polar surface area (TPSA) is 75.2 Å². The van der Waals surface area contributed by atoms with E-state index in [1.807, 2.05) is 31.0 Å². The Morgan fingerprint density at radius 1 is 1.12 bits per heavy atom. The maximum atomic E-state index is 11.7. The third-order valence-corrected chi connectivity index (χ3v) is 6.47. The van der Waals surface area contributed by atoms with Crippen molar-refractivity contribution in [1.29, 1.82) is 0 Å². The molecule has 1 atom stereocenters. The van der Waals surface area contributed by atoms with Crippen LogP contribution < -0.4 is 10.2 Å². The van der Waals surface area contributed by atoms with Gasteiger partial charge in [0, 0.05) is 24.8 Å². The normalized spacial score (nSPS) is 19.0. The highest BCUT2D eigenvalue weighted by Crippen LogP contribution is 2.25. The molecule has 1 aliphatic rings. The summed E-state index contributed by atoms with van der Waals surface area (Å²) in [6.07, 6.45) is 0.641. The minimum atomic E-state index is -2.93. The van der Waals surface area contributed by atoms with Gasteiger partial charge in [0.2, 0.25) is 0 Å². The Labute approximate surface area is 149 Å². The van der Waals surface area contributed by atoms with Crippen molar-refractivity contribution >= 4 is 27.2 Å². The van der Waals surface area contributed by atoms with Crippen LogP contribution in [0.3, 0.4) is 0 Å². The zero-order chi connectivity index (χ0) is 18.2. The number of hydrogen-bond acceptors (Lipinski definition) is 6. The van der Waals surface area contributed by atoms with Gasteiger partial charge in [-0.15, -0.1) is 0 Å². The molecule has 7 heteroatoms. The highest BCUT2D eigenvalue weighted by atomic mass is 32.2. The van der Waals surface area contributed by atoms with Crippen LogP contribution in [0.1, 0.15) is 23.4 Å². The predicted octanol–water partition coefficient (Wildman–Crippen LogP) is 2.77. The van der Waals surface area contributed by atoms with Crippen molar-refractivity contribution in [3.63, 3.8) is 0 Å². The van der Waals surface area contributed by atoms with E-state index in [1.165, 1.54) is 11.1 Å². The summed E-state index contributed by atoms with van der Waals surface area (Å²) < 4.78 is 23.5. The summed E-state index contributed by atoms with van der Waals surface area (Å²) >= 11 is 0. The van der Waals surface area contributed by atoms with Gasteiger partial charge >= 0.3 is 0 Å². The second-order valence-corrected chi connectivity index (χ2v) is 8.98. The van der Waals surface area contributed by atoms with E-state index < -0.39 is 9.84 Å². The standard InChI is InChI=1S/C18H24N4O2S/c1-12-5-6-15(9-13(12)2)21-17-10-18(20-14(3)19-17)22(4)16-7-8-25(23,24)11-16/h5-6,9-10,16H,7-8,11H2,1-4H3,(H,19,20,21). The van der Waals surface area contributed by atoms with Crippen LogP contribution >= 0.6 is 0 Å². The zero-order valence-corrected chi connectivity index (χ0v) is 15.9. The first-order valence-corrected chi connectivity index (χ1v) is 10.2. The van der Waals surface area contributed by atoms with Crippen LogP contribution in [0.15, 0.2) is 24.3 Å². The number of nitrogens with one attached hydrogen (secondary N) is 1. The first-order valence-electron chi connectivity index (χ1n) is 8.37. The van der Waals surface area contributed by atoms with Gasteiger partial charge in [-0.05, 0) is 50.5 Å². The average molecular weight is 360 g/mol. The third-order valence-electron chi connectivity index (χ3n) is 4.72. The van der Waals surface area contributed by atoms with Crippen LogP contribution in [0.4, 0.5) is 17.3 Å². The molecule has 0 radical (unpaired) electrons. The molecular weight excluding hydrogens is 336 g/mol. The zero-order valence-electron chi connectivity index (χ0n) is 15.1. The number of nitrogens with zero attached hydrogens (tertiary/aromatic N) is 3. The lowest BCUT2D eigenvalue weighted by molar-refractivity contribution is 0.600. The molecule has 1 saturated heterocycles. The second kappa shape index (κ2) is 6.63. The van der Waals surface area contributed by atoms with Gasteiger partial charge in [-0.25, -0.2) is 18.4 Å². The van der Waals surface area contributed by atoms with Crippen LogP contribution in [-0.4, -0.2) is 43.0 Å². The number of hydrogen-bond donors (Lipinski definition) is 1. The Morgan fingerprint density at radius 3 is 2.52 bits per heavy atom. The number of benzene rings is 1. The summed E-state index contributed by atoms with van der Waals surface area (Å²) in [6.45, 7) is 6.00. The molecule has 1 fully saturated rings. The maximum Gasteiger partial charge on any atom is 0.152 e. The SMILES string of the molecule is Cc1nc(Nc2ccc(C)c(C)c2)cc(N(C)C2CCS(=O)(=O)C2)n1. The van der Waals surface area contributed by atoms with Crippen molar-refractivity contribution in [2.45, 2.75) is 33.2 Å². The average Bonchev–Trinajstić information content (AvgIpc) is 2.90. The molecule has 2 heterocycles. The Balaban J connectivity index is 1.84. The molecule has 1 N–H and O–H groups in total. The van der Waals surface area contributed by atoms with E-state index in [1.54, 1.807) is 0 Å². The third kappa shape index (κ3) is 4.10. The molecule has 6 nitrogen and oxygen atoms in total. The molecule has 0 bridgehead atoms. The first-order chi connectivity index (χ1) is 11.7. The van der Waals surface area contributed by atoms with E-state index in [2.05, 4.69) is 41.3 Å². The predicted molar refractivity (Wildman–Crippen MR) is 101 cm³/mol. The van der Waals surface area contributed by atoms with Crippen LogP contribution in [0.5, 0.6) is 0 Å². The summed E-state index contributed by atoms with van der Waals surface area (Å²) in [7, 11) is -1.03. The summed E-state index contributed by atoms with van der Waals surface area (Å²) in [6, 6.07) is 8.01. The maximum absolute atomic E-state index is 11.7. The number of anilines is 3. The van der Waals surface area contributed by atoms with Gasteiger partial charge in [-0.3, -0.25) is 0 Å². The molecule has 134 valence electrons. The second-order valence-electron chi connectivity index (χ2n) is 6.75. The van der Waals surface area contributed by atoms with E-state index >= 15 is 0 Å². The molecule has 0 spiro atoms. The lowest BCUT2D eigenvalue weighted by Crippen LogP contribution is -2.33. The van der Waals surface area contributed by atoms with Crippen LogP contribution in [0, 0.1) is 20.8 Å². The molecule has 25 heavy (non-hydrogen) atoms. The van der Waals surface area contributed by atoms with Crippen molar-refractivity contribution in [1.82, 2.24) is 9.97 Å². The summed E-state index contributed by atoms with van der Waals surface area (Å²) in [4.78, 5) is 10.9. The number of aryl methyl sites for hydroxylation is 3. The molecule has 0 saturated carbocycles. The van der Waals surface area contributed by atoms with Gasteiger partial charge in [-0.2, -0.15) is 0 Å². The van der Waals surface area contributed by atoms with Crippen molar-refractivity contribution in [2.24, 2.45) is 0 Å². The first kappa shape index (κ1) is 17.7. The Hall–Kier alpha value is -2.15. The van der Waals surface area contributed by atoms with Gasteiger partial charge in [-0.1, -0.05) is 6.07 Å². The van der Waals surface area contributed by atoms with Crippen molar-refractivity contribution < 1.29 is 8.42 Å². The molecule has 1 unspecified atom stereocenters. The van der Waals surface area contributed by atoms with Crippen molar-refractivity contribution in [3.05, 3.63) is 41.2 Å². The fraction of sp³-hybridized carbons (Fsp3) is 0.444. The molecule has 0 amide bonds. The minimum absolute atomic E-state index is 0.0335. The summed E-state index contributed by atoms with van der Waals surface area (Å²) in [5.41, 5.74) is 3.43. The molecule has 0 aliphatic carbocycles. The van der Waals surface area contributed by atoms with E-state index in [0.29, 0.717) is 18.1 Å². The molecular formula is C18H24N4O2S. The Morgan fingerprint density at radius 2 is 1.88 bits per heavy atom. The monoisotopic (exact) mass is 360 g/mol. The van der Waals surface area contributed by atoms with Gasteiger partial charge in [0.1, 0.15) is 17.5 Å². The van der Waals surface area contributed by atoms with Gasteiger partial charge in [0.15, 0.2) is 9.84 Å². The lowest BCUT2D eigenvalue weighted by atomic mass is 10.1. The van der Waals surface area contributed by atoms with Crippen LogP contribution in [-0.2, 0) is 9.84 Å². The van der Waals surface area contributed by atoms with E-state index in [4.69, 9.17) is 0 Å². The Kier molecular flexibility index (Phi) is 4.69. The quantitative estimate of drug-likeness (QED) is 0.904. The number of rotatable bonds is 4. The Bertz CT molecular complexity index is 896. The number of sulfone groups is 1. The number of aromatic nitrogens is 2. The van der Waals surface area contributed by atoms with Crippen LogP contribution in [0.25, 0.3) is 0 Å². The lowest BCUT2D eigenvalue weighted by Gasteiger charge is -2.25. The summed E-state index contributed by atoms with van der Waals surface area (Å²) in [5, 5.41) is 3.32. The smallest absolute Gasteiger partial charge is 0.152 e. The molecule has 3 rings (SSSR count). The van der Waals surface area contributed by atoms with Gasteiger partial charge in [0.25, 0.3) is 0 Å². The fourth-order valence-corrected chi connectivity index (χ4v) is 4.81.